The zero-order valence-electron chi connectivity index (χ0n) is 15.2. The third-order valence-electron chi connectivity index (χ3n) is 4.94. The van der Waals surface area contributed by atoms with Crippen LogP contribution in [0.1, 0.15) is 22.3 Å². The van der Waals surface area contributed by atoms with Gasteiger partial charge in [0.1, 0.15) is 17.5 Å². The normalized spacial score (nSPS) is 17.3. The Bertz CT molecular complexity index is 1130. The molecule has 1 saturated heterocycles. The number of thiophene rings is 1. The summed E-state index contributed by atoms with van der Waals surface area (Å²) in [6.07, 6.45) is 3.29. The Morgan fingerprint density at radius 2 is 2.21 bits per heavy atom. The maximum absolute atomic E-state index is 12.8. The highest BCUT2D eigenvalue weighted by molar-refractivity contribution is 7.13. The van der Waals surface area contributed by atoms with Crippen molar-refractivity contribution in [2.75, 3.05) is 19.7 Å². The smallest absolute Gasteiger partial charge is 0.272 e. The van der Waals surface area contributed by atoms with Crippen molar-refractivity contribution in [3.63, 3.8) is 0 Å². The van der Waals surface area contributed by atoms with Crippen LogP contribution in [0, 0.1) is 0 Å². The SMILES string of the molecule is Cn1nccc1C(=O)N1CCOC(c2nnn3cc(-c4cccs4)ccc23)C1. The molecule has 0 saturated carbocycles. The lowest BCUT2D eigenvalue weighted by molar-refractivity contribution is -0.0244. The van der Waals surface area contributed by atoms with Crippen LogP contribution in [-0.2, 0) is 11.8 Å². The van der Waals surface area contributed by atoms with Gasteiger partial charge in [0, 0.05) is 36.4 Å². The largest absolute Gasteiger partial charge is 0.368 e. The fraction of sp³-hybridized carbons (Fsp3) is 0.263. The minimum atomic E-state index is -0.309. The summed E-state index contributed by atoms with van der Waals surface area (Å²) in [5.41, 5.74) is 3.30. The van der Waals surface area contributed by atoms with Crippen LogP contribution in [0.5, 0.6) is 0 Å². The van der Waals surface area contributed by atoms with Crippen LogP contribution in [0.4, 0.5) is 0 Å². The van der Waals surface area contributed by atoms with Gasteiger partial charge in [0.2, 0.25) is 0 Å². The number of hydrogen-bond donors (Lipinski definition) is 0. The first-order valence-electron chi connectivity index (χ1n) is 8.98. The monoisotopic (exact) mass is 394 g/mol. The Hall–Kier alpha value is -3.04. The molecule has 8 nitrogen and oxygen atoms in total. The molecule has 28 heavy (non-hydrogen) atoms. The molecule has 1 aliphatic rings. The minimum absolute atomic E-state index is 0.0512. The summed E-state index contributed by atoms with van der Waals surface area (Å²) in [5.74, 6) is -0.0512. The van der Waals surface area contributed by atoms with Crippen molar-refractivity contribution in [2.24, 2.45) is 7.05 Å². The maximum Gasteiger partial charge on any atom is 0.272 e. The number of hydrogen-bond acceptors (Lipinski definition) is 6. The summed E-state index contributed by atoms with van der Waals surface area (Å²) in [5, 5.41) is 14.8. The molecular formula is C19H18N6O2S. The lowest BCUT2D eigenvalue weighted by Gasteiger charge is -2.32. The van der Waals surface area contributed by atoms with E-state index in [1.54, 1.807) is 44.7 Å². The van der Waals surface area contributed by atoms with Gasteiger partial charge in [-0.05, 0) is 29.6 Å². The number of aromatic nitrogens is 5. The van der Waals surface area contributed by atoms with Gasteiger partial charge in [-0.1, -0.05) is 11.3 Å². The standard InChI is InChI=1S/C19H18N6O2S/c1-23-15(6-7-20-23)19(26)24-8-9-27-16(12-24)18-14-5-4-13(11-25(14)22-21-18)17-3-2-10-28-17/h2-7,10-11,16H,8-9,12H2,1H3. The molecule has 0 N–H and O–H groups in total. The van der Waals surface area contributed by atoms with Crippen LogP contribution in [0.2, 0.25) is 0 Å². The number of carbonyl (C=O) groups is 1. The predicted octanol–water partition coefficient (Wildman–Crippen LogP) is 2.41. The van der Waals surface area contributed by atoms with Crippen molar-refractivity contribution < 1.29 is 9.53 Å². The summed E-state index contributed by atoms with van der Waals surface area (Å²) < 4.78 is 9.29. The number of nitrogens with zero attached hydrogens (tertiary/aromatic N) is 6. The molecule has 0 bridgehead atoms. The van der Waals surface area contributed by atoms with Crippen molar-refractivity contribution in [3.05, 3.63) is 59.5 Å². The van der Waals surface area contributed by atoms with Crippen molar-refractivity contribution >= 4 is 22.8 Å². The number of amides is 1. The van der Waals surface area contributed by atoms with Gasteiger partial charge in [-0.2, -0.15) is 5.10 Å². The topological polar surface area (TPSA) is 77.5 Å². The Morgan fingerprint density at radius 1 is 1.29 bits per heavy atom. The number of morpholine rings is 1. The Morgan fingerprint density at radius 3 is 3.00 bits per heavy atom. The maximum atomic E-state index is 12.8. The number of rotatable bonds is 3. The zero-order chi connectivity index (χ0) is 19.1. The molecule has 1 unspecified atom stereocenters. The van der Waals surface area contributed by atoms with Gasteiger partial charge in [0.15, 0.2) is 0 Å². The lowest BCUT2D eigenvalue weighted by atomic mass is 10.1. The van der Waals surface area contributed by atoms with Gasteiger partial charge in [0.05, 0.1) is 18.7 Å². The van der Waals surface area contributed by atoms with Gasteiger partial charge in [-0.25, -0.2) is 4.52 Å². The second-order valence-corrected chi connectivity index (χ2v) is 7.60. The number of ether oxygens (including phenoxy) is 1. The summed E-state index contributed by atoms with van der Waals surface area (Å²) in [4.78, 5) is 15.8. The number of carbonyl (C=O) groups excluding carboxylic acids is 1. The molecule has 5 heterocycles. The van der Waals surface area contributed by atoms with E-state index in [0.717, 1.165) is 16.8 Å². The van der Waals surface area contributed by atoms with E-state index < -0.39 is 0 Å². The summed E-state index contributed by atoms with van der Waals surface area (Å²) in [7, 11) is 1.77. The van der Waals surface area contributed by atoms with Crippen LogP contribution in [0.15, 0.2) is 48.1 Å². The Kier molecular flexibility index (Phi) is 4.18. The van der Waals surface area contributed by atoms with Gasteiger partial charge < -0.3 is 9.64 Å². The molecule has 0 aliphatic carbocycles. The average Bonchev–Trinajstić information content (AvgIpc) is 3.47. The number of aryl methyl sites for hydroxylation is 1. The van der Waals surface area contributed by atoms with Gasteiger partial charge in [0.25, 0.3) is 5.91 Å². The van der Waals surface area contributed by atoms with E-state index in [2.05, 4.69) is 32.9 Å². The van der Waals surface area contributed by atoms with Gasteiger partial charge in [-0.15, -0.1) is 16.4 Å². The molecule has 4 aromatic heterocycles. The van der Waals surface area contributed by atoms with Crippen LogP contribution in [0.25, 0.3) is 16.0 Å². The quantitative estimate of drug-likeness (QED) is 0.533. The minimum Gasteiger partial charge on any atom is -0.368 e. The first kappa shape index (κ1) is 17.1. The molecule has 1 fully saturated rings. The molecular weight excluding hydrogens is 376 g/mol. The van der Waals surface area contributed by atoms with Crippen LogP contribution in [-0.4, -0.2) is 55.1 Å². The van der Waals surface area contributed by atoms with Crippen LogP contribution in [0.3, 0.4) is 0 Å². The lowest BCUT2D eigenvalue weighted by Crippen LogP contribution is -2.43. The molecule has 9 heteroatoms. The summed E-state index contributed by atoms with van der Waals surface area (Å²) in [6.45, 7) is 1.44. The van der Waals surface area contributed by atoms with Crippen molar-refractivity contribution in [1.82, 2.24) is 29.5 Å². The van der Waals surface area contributed by atoms with Crippen molar-refractivity contribution in [1.29, 1.82) is 0 Å². The Balaban J connectivity index is 1.42. The highest BCUT2D eigenvalue weighted by Gasteiger charge is 2.30. The molecule has 0 spiro atoms. The second kappa shape index (κ2) is 6.84. The van der Waals surface area contributed by atoms with Gasteiger partial charge in [-0.3, -0.25) is 9.48 Å². The zero-order valence-corrected chi connectivity index (χ0v) is 16.0. The first-order chi connectivity index (χ1) is 13.7. The van der Waals surface area contributed by atoms with E-state index in [-0.39, 0.29) is 12.0 Å². The highest BCUT2D eigenvalue weighted by Crippen LogP contribution is 2.28. The van der Waals surface area contributed by atoms with Crippen LogP contribution >= 0.6 is 11.3 Å². The third-order valence-corrected chi connectivity index (χ3v) is 5.86. The molecule has 1 aliphatic heterocycles. The van der Waals surface area contributed by atoms with E-state index in [4.69, 9.17) is 4.74 Å². The highest BCUT2D eigenvalue weighted by atomic mass is 32.1. The molecule has 5 rings (SSSR count). The fourth-order valence-corrected chi connectivity index (χ4v) is 4.19. The molecule has 1 amide bonds. The van der Waals surface area contributed by atoms with E-state index in [9.17, 15) is 4.79 Å². The van der Waals surface area contributed by atoms with Crippen molar-refractivity contribution in [3.8, 4) is 10.4 Å². The predicted molar refractivity (Wildman–Crippen MR) is 104 cm³/mol. The molecule has 1 atom stereocenters. The molecule has 4 aromatic rings. The molecule has 0 aromatic carbocycles. The molecule has 0 radical (unpaired) electrons. The third kappa shape index (κ3) is 2.88. The summed E-state index contributed by atoms with van der Waals surface area (Å²) in [6, 6.07) is 9.91. The molecule has 142 valence electrons. The average molecular weight is 394 g/mol. The number of fused-ring (bicyclic) bond motifs is 1. The Labute approximate surface area is 165 Å². The first-order valence-corrected chi connectivity index (χ1v) is 9.86. The van der Waals surface area contributed by atoms with Crippen LogP contribution < -0.4 is 0 Å². The second-order valence-electron chi connectivity index (χ2n) is 6.65. The van der Waals surface area contributed by atoms with E-state index in [1.807, 2.05) is 18.3 Å². The van der Waals surface area contributed by atoms with Gasteiger partial charge >= 0.3 is 0 Å². The number of pyridine rings is 1. The van der Waals surface area contributed by atoms with Crippen molar-refractivity contribution in [2.45, 2.75) is 6.10 Å². The van der Waals surface area contributed by atoms with E-state index in [0.29, 0.717) is 25.4 Å². The van der Waals surface area contributed by atoms with E-state index >= 15 is 0 Å². The summed E-state index contributed by atoms with van der Waals surface area (Å²) >= 11 is 1.69. The van der Waals surface area contributed by atoms with E-state index in [1.165, 1.54) is 4.88 Å². The fourth-order valence-electron chi connectivity index (χ4n) is 3.48.